The quantitative estimate of drug-likeness (QED) is 0.0275. The first kappa shape index (κ1) is 51.0. The van der Waals surface area contributed by atoms with Crippen molar-refractivity contribution in [3.05, 3.63) is 48.6 Å². The third kappa shape index (κ3) is 42.6. The number of hydrogen-bond acceptors (Lipinski definition) is 6. The molecule has 0 aliphatic heterocycles. The topological polar surface area (TPSA) is 119 Å². The van der Waals surface area contributed by atoms with Gasteiger partial charge in [0.25, 0.3) is 0 Å². The highest BCUT2D eigenvalue weighted by atomic mass is 31.2. The Morgan fingerprint density at radius 1 is 0.509 bits per heavy atom. The summed E-state index contributed by atoms with van der Waals surface area (Å²) in [6.45, 7) is 3.57. The molecule has 0 radical (unpaired) electrons. The Morgan fingerprint density at radius 3 is 1.38 bits per heavy atom. The number of carbonyl (C=O) groups excluding carboxylic acids is 2. The molecule has 0 aromatic heterocycles. The third-order valence-corrected chi connectivity index (χ3v) is 9.57. The number of phosphoric acid groups is 1. The average Bonchev–Trinajstić information content (AvgIpc) is 3.13. The van der Waals surface area contributed by atoms with E-state index in [0.29, 0.717) is 6.42 Å². The zero-order valence-corrected chi connectivity index (χ0v) is 34.8. The zero-order valence-electron chi connectivity index (χ0n) is 33.9. The van der Waals surface area contributed by atoms with Gasteiger partial charge in [-0.15, -0.1) is 0 Å². The summed E-state index contributed by atoms with van der Waals surface area (Å²) in [5, 5.41) is 0. The minimum Gasteiger partial charge on any atom is -0.462 e. The van der Waals surface area contributed by atoms with Gasteiger partial charge in [0.15, 0.2) is 6.10 Å². The highest BCUT2D eigenvalue weighted by Crippen LogP contribution is 2.36. The van der Waals surface area contributed by atoms with E-state index >= 15 is 0 Å². The van der Waals surface area contributed by atoms with Gasteiger partial charge in [0, 0.05) is 12.8 Å². The molecule has 8 nitrogen and oxygen atoms in total. The summed E-state index contributed by atoms with van der Waals surface area (Å²) in [7, 11) is -4.76. The number of ether oxygens (including phenoxy) is 2. The van der Waals surface area contributed by atoms with Crippen LogP contribution in [-0.2, 0) is 28.2 Å². The standard InChI is InChI=1S/C44H79O8P/c1-3-5-7-9-11-13-15-17-19-21-23-24-26-28-30-32-34-36-38-43(45)50-40-42(41-51-53(47,48)49)52-44(46)39-37-35-33-31-29-27-25-22-20-18-16-14-12-10-8-6-4-2/h6,8,12,14,18-21,42H,3-5,7,9-11,13,15-17,22-41H2,1-2H3,(H2,47,48,49)/b8-6-,14-12-,20-18-,21-19-. The van der Waals surface area contributed by atoms with E-state index in [2.05, 4.69) is 67.0 Å². The molecule has 0 rings (SSSR count). The lowest BCUT2D eigenvalue weighted by atomic mass is 10.1. The van der Waals surface area contributed by atoms with Crippen molar-refractivity contribution in [1.29, 1.82) is 0 Å². The van der Waals surface area contributed by atoms with E-state index in [4.69, 9.17) is 19.3 Å². The SMILES string of the molecule is CC/C=C\C/C=C\C/C=C\CCCCCCCCCC(=O)OC(COC(=O)CCCCCCCCC/C=C\CCCCCCCCC)COP(=O)(O)O. The van der Waals surface area contributed by atoms with Crippen molar-refractivity contribution in [3.8, 4) is 0 Å². The van der Waals surface area contributed by atoms with Crippen molar-refractivity contribution in [2.75, 3.05) is 13.2 Å². The van der Waals surface area contributed by atoms with E-state index in [-0.39, 0.29) is 19.4 Å². The van der Waals surface area contributed by atoms with Crippen molar-refractivity contribution < 1.29 is 37.9 Å². The van der Waals surface area contributed by atoms with Gasteiger partial charge in [-0.3, -0.25) is 14.1 Å². The Bertz CT molecular complexity index is 999. The predicted octanol–water partition coefficient (Wildman–Crippen LogP) is 13.1. The maximum atomic E-state index is 12.4. The number of phosphoric ester groups is 1. The number of carbonyl (C=O) groups is 2. The van der Waals surface area contributed by atoms with Crippen LogP contribution in [0.3, 0.4) is 0 Å². The number of rotatable bonds is 39. The lowest BCUT2D eigenvalue weighted by Gasteiger charge is -2.18. The minimum absolute atomic E-state index is 0.199. The Balaban J connectivity index is 3.92. The summed E-state index contributed by atoms with van der Waals surface area (Å²) in [4.78, 5) is 42.9. The largest absolute Gasteiger partial charge is 0.469 e. The fourth-order valence-electron chi connectivity index (χ4n) is 5.91. The Hall–Kier alpha value is -1.99. The smallest absolute Gasteiger partial charge is 0.462 e. The molecule has 9 heteroatoms. The molecular weight excluding hydrogens is 687 g/mol. The molecule has 1 unspecified atom stereocenters. The maximum Gasteiger partial charge on any atom is 0.469 e. The van der Waals surface area contributed by atoms with Crippen molar-refractivity contribution >= 4 is 19.8 Å². The van der Waals surface area contributed by atoms with Crippen LogP contribution in [0.4, 0.5) is 0 Å². The highest BCUT2D eigenvalue weighted by molar-refractivity contribution is 7.46. The van der Waals surface area contributed by atoms with Crippen LogP contribution in [-0.4, -0.2) is 41.0 Å². The number of esters is 2. The van der Waals surface area contributed by atoms with E-state index in [9.17, 15) is 14.2 Å². The molecule has 2 N–H and O–H groups in total. The Labute approximate surface area is 324 Å². The summed E-state index contributed by atoms with van der Waals surface area (Å²) in [5.74, 6) is -0.899. The molecule has 0 spiro atoms. The molecule has 0 aromatic rings. The summed E-state index contributed by atoms with van der Waals surface area (Å²) in [6.07, 6.45) is 48.3. The van der Waals surface area contributed by atoms with E-state index in [0.717, 1.165) is 77.0 Å². The number of allylic oxidation sites excluding steroid dienone is 8. The van der Waals surface area contributed by atoms with E-state index in [1.807, 2.05) is 0 Å². The molecule has 0 aromatic carbocycles. The number of hydrogen-bond donors (Lipinski definition) is 2. The number of unbranched alkanes of at least 4 members (excludes halogenated alkanes) is 21. The van der Waals surface area contributed by atoms with Crippen LogP contribution in [0.15, 0.2) is 48.6 Å². The second-order valence-corrected chi connectivity index (χ2v) is 15.5. The van der Waals surface area contributed by atoms with Crippen molar-refractivity contribution in [2.24, 2.45) is 0 Å². The summed E-state index contributed by atoms with van der Waals surface area (Å²) < 4.78 is 26.4. The molecule has 53 heavy (non-hydrogen) atoms. The van der Waals surface area contributed by atoms with Crippen molar-refractivity contribution in [1.82, 2.24) is 0 Å². The Kier molecular flexibility index (Phi) is 38.2. The first-order valence-electron chi connectivity index (χ1n) is 21.4. The van der Waals surface area contributed by atoms with Crippen molar-refractivity contribution in [3.63, 3.8) is 0 Å². The second kappa shape index (κ2) is 39.7. The molecule has 0 bridgehead atoms. The lowest BCUT2D eigenvalue weighted by molar-refractivity contribution is -0.161. The van der Waals surface area contributed by atoms with Gasteiger partial charge in [-0.25, -0.2) is 4.57 Å². The van der Waals surface area contributed by atoms with Crippen LogP contribution < -0.4 is 0 Å². The molecular formula is C44H79O8P. The first-order chi connectivity index (χ1) is 25.8. The van der Waals surface area contributed by atoms with E-state index in [1.165, 1.54) is 89.9 Å². The fraction of sp³-hybridized carbons (Fsp3) is 0.773. The zero-order chi connectivity index (χ0) is 38.9. The van der Waals surface area contributed by atoms with Gasteiger partial charge in [0.2, 0.25) is 0 Å². The van der Waals surface area contributed by atoms with Gasteiger partial charge >= 0.3 is 19.8 Å². The molecule has 0 amide bonds. The molecule has 0 fully saturated rings. The molecule has 0 heterocycles. The van der Waals surface area contributed by atoms with E-state index in [1.54, 1.807) is 0 Å². The molecule has 0 saturated heterocycles. The fourth-order valence-corrected chi connectivity index (χ4v) is 6.27. The van der Waals surface area contributed by atoms with E-state index < -0.39 is 32.5 Å². The van der Waals surface area contributed by atoms with Crippen LogP contribution in [0.2, 0.25) is 0 Å². The van der Waals surface area contributed by atoms with Crippen LogP contribution in [0.25, 0.3) is 0 Å². The van der Waals surface area contributed by atoms with Gasteiger partial charge in [-0.05, 0) is 70.6 Å². The van der Waals surface area contributed by atoms with Crippen LogP contribution in [0.5, 0.6) is 0 Å². The molecule has 308 valence electrons. The second-order valence-electron chi connectivity index (χ2n) is 14.3. The highest BCUT2D eigenvalue weighted by Gasteiger charge is 2.22. The first-order valence-corrected chi connectivity index (χ1v) is 23.0. The predicted molar refractivity (Wildman–Crippen MR) is 221 cm³/mol. The maximum absolute atomic E-state index is 12.4. The van der Waals surface area contributed by atoms with Gasteiger partial charge in [0.1, 0.15) is 6.61 Å². The van der Waals surface area contributed by atoms with Gasteiger partial charge in [-0.1, -0.05) is 165 Å². The van der Waals surface area contributed by atoms with Gasteiger partial charge in [-0.2, -0.15) is 0 Å². The normalized spacial score (nSPS) is 12.9. The van der Waals surface area contributed by atoms with Crippen molar-refractivity contribution in [2.45, 2.75) is 206 Å². The van der Waals surface area contributed by atoms with Gasteiger partial charge in [0.05, 0.1) is 6.61 Å². The Morgan fingerprint density at radius 2 is 0.906 bits per heavy atom. The summed E-state index contributed by atoms with van der Waals surface area (Å²) in [5.41, 5.74) is 0. The molecule has 1 atom stereocenters. The summed E-state index contributed by atoms with van der Waals surface area (Å²) >= 11 is 0. The minimum atomic E-state index is -4.76. The molecule has 0 aliphatic carbocycles. The average molecular weight is 767 g/mol. The summed E-state index contributed by atoms with van der Waals surface area (Å²) in [6, 6.07) is 0. The van der Waals surface area contributed by atoms with Crippen LogP contribution >= 0.6 is 7.82 Å². The molecule has 0 saturated carbocycles. The third-order valence-electron chi connectivity index (χ3n) is 9.08. The monoisotopic (exact) mass is 767 g/mol. The molecule has 0 aliphatic rings. The van der Waals surface area contributed by atoms with Gasteiger partial charge < -0.3 is 19.3 Å². The van der Waals surface area contributed by atoms with Crippen LogP contribution in [0.1, 0.15) is 200 Å². The lowest BCUT2D eigenvalue weighted by Crippen LogP contribution is -2.29. The van der Waals surface area contributed by atoms with Crippen LogP contribution in [0, 0.1) is 0 Å².